The van der Waals surface area contributed by atoms with Crippen molar-refractivity contribution in [3.05, 3.63) is 57.9 Å². The number of nitrogens with zero attached hydrogens (tertiary/aromatic N) is 3. The number of rotatable bonds is 6. The molecule has 0 spiro atoms. The molecule has 0 bridgehead atoms. The van der Waals surface area contributed by atoms with Gasteiger partial charge in [-0.1, -0.05) is 35.9 Å². The normalized spacial score (nSPS) is 21.1. The number of hydrogen-bond donors (Lipinski definition) is 2. The van der Waals surface area contributed by atoms with Crippen LogP contribution in [0.5, 0.6) is 0 Å². The van der Waals surface area contributed by atoms with Crippen LogP contribution in [0.4, 0.5) is 0 Å². The molecule has 2 aliphatic rings. The Morgan fingerprint density at radius 1 is 1.39 bits per heavy atom. The molecular formula is C24H29ClN4O2. The summed E-state index contributed by atoms with van der Waals surface area (Å²) in [5.74, 6) is -0.173. The number of aryl methyl sites for hydroxylation is 1. The predicted octanol–water partition coefficient (Wildman–Crippen LogP) is 3.94. The third kappa shape index (κ3) is 5.17. The molecule has 3 rings (SSSR count). The van der Waals surface area contributed by atoms with Gasteiger partial charge in [-0.05, 0) is 64.5 Å². The highest BCUT2D eigenvalue weighted by molar-refractivity contribution is 6.30. The van der Waals surface area contributed by atoms with E-state index >= 15 is 0 Å². The van der Waals surface area contributed by atoms with E-state index in [1.54, 1.807) is 13.8 Å². The molecule has 0 saturated heterocycles. The van der Waals surface area contributed by atoms with E-state index in [9.17, 15) is 9.90 Å². The monoisotopic (exact) mass is 440 g/mol. The molecule has 1 aromatic rings. The average Bonchev–Trinajstić information content (AvgIpc) is 3.02. The van der Waals surface area contributed by atoms with Crippen LogP contribution < -0.4 is 5.32 Å². The summed E-state index contributed by atoms with van der Waals surface area (Å²) in [5.41, 5.74) is 4.09. The maximum absolute atomic E-state index is 12.4. The molecule has 2 atom stereocenters. The molecule has 2 aliphatic carbocycles. The first-order valence-electron chi connectivity index (χ1n) is 10.5. The van der Waals surface area contributed by atoms with E-state index in [4.69, 9.17) is 22.0 Å². The van der Waals surface area contributed by atoms with Crippen LogP contribution in [-0.2, 0) is 11.2 Å². The average molecular weight is 441 g/mol. The summed E-state index contributed by atoms with van der Waals surface area (Å²) in [6.45, 7) is 7.51. The highest BCUT2D eigenvalue weighted by atomic mass is 35.5. The van der Waals surface area contributed by atoms with Gasteiger partial charge in [-0.3, -0.25) is 4.79 Å². The van der Waals surface area contributed by atoms with Crippen LogP contribution in [0.2, 0.25) is 0 Å². The summed E-state index contributed by atoms with van der Waals surface area (Å²) in [4.78, 5) is 12.4. The molecule has 0 aliphatic heterocycles. The number of allylic oxidation sites excluding steroid dienone is 6. The topological polar surface area (TPSA) is 90.9 Å². The lowest BCUT2D eigenvalue weighted by Crippen LogP contribution is -2.46. The largest absolute Gasteiger partial charge is 0.394 e. The molecule has 2 N–H and O–H groups in total. The molecule has 0 aromatic carbocycles. The van der Waals surface area contributed by atoms with E-state index in [1.807, 2.05) is 42.8 Å². The van der Waals surface area contributed by atoms with Crippen LogP contribution in [0.15, 0.2) is 41.0 Å². The molecule has 0 fully saturated rings. The van der Waals surface area contributed by atoms with Gasteiger partial charge in [-0.15, -0.1) is 0 Å². The van der Waals surface area contributed by atoms with Crippen LogP contribution in [-0.4, -0.2) is 32.9 Å². The van der Waals surface area contributed by atoms with Gasteiger partial charge in [-0.2, -0.15) is 10.4 Å². The Labute approximate surface area is 188 Å². The van der Waals surface area contributed by atoms with E-state index in [0.717, 1.165) is 29.9 Å². The first-order chi connectivity index (χ1) is 14.6. The molecule has 0 saturated carbocycles. The van der Waals surface area contributed by atoms with Crippen LogP contribution >= 0.6 is 11.6 Å². The van der Waals surface area contributed by atoms with Crippen LogP contribution in [0.1, 0.15) is 43.6 Å². The van der Waals surface area contributed by atoms with Gasteiger partial charge < -0.3 is 10.4 Å². The first kappa shape index (κ1) is 23.1. The summed E-state index contributed by atoms with van der Waals surface area (Å²) < 4.78 is 1.90. The summed E-state index contributed by atoms with van der Waals surface area (Å²) in [7, 11) is 0. The molecule has 31 heavy (non-hydrogen) atoms. The zero-order valence-electron chi connectivity index (χ0n) is 18.4. The molecule has 1 amide bonds. The van der Waals surface area contributed by atoms with E-state index in [0.29, 0.717) is 17.0 Å². The second-order valence-electron chi connectivity index (χ2n) is 8.85. The minimum absolute atomic E-state index is 0.116. The maximum atomic E-state index is 12.4. The van der Waals surface area contributed by atoms with E-state index in [1.165, 1.54) is 5.56 Å². The lowest BCUT2D eigenvalue weighted by atomic mass is 9.89. The van der Waals surface area contributed by atoms with Gasteiger partial charge in [0.1, 0.15) is 0 Å². The Bertz CT molecular complexity index is 1040. The maximum Gasteiger partial charge on any atom is 0.251 e. The fourth-order valence-corrected chi connectivity index (χ4v) is 4.05. The highest BCUT2D eigenvalue weighted by Gasteiger charge is 2.24. The number of amides is 1. The van der Waals surface area contributed by atoms with Crippen LogP contribution in [0.3, 0.4) is 0 Å². The number of nitrogens with one attached hydrogen (secondary N) is 1. The van der Waals surface area contributed by atoms with Crippen molar-refractivity contribution in [2.45, 2.75) is 52.5 Å². The van der Waals surface area contributed by atoms with Crippen molar-refractivity contribution in [2.75, 3.05) is 6.61 Å². The third-order valence-electron chi connectivity index (χ3n) is 5.79. The van der Waals surface area contributed by atoms with Crippen molar-refractivity contribution in [1.29, 1.82) is 5.26 Å². The van der Waals surface area contributed by atoms with Gasteiger partial charge in [0, 0.05) is 16.3 Å². The van der Waals surface area contributed by atoms with Crippen molar-refractivity contribution in [3.8, 4) is 6.07 Å². The Balaban J connectivity index is 1.70. The number of hydrogen-bond acceptors (Lipinski definition) is 4. The molecule has 1 aromatic heterocycles. The molecule has 2 unspecified atom stereocenters. The molecular weight excluding hydrogens is 412 g/mol. The third-order valence-corrected chi connectivity index (χ3v) is 6.16. The van der Waals surface area contributed by atoms with Crippen molar-refractivity contribution >= 4 is 23.2 Å². The fraction of sp³-hybridized carbons (Fsp3) is 0.458. The number of carbonyl (C=O) groups is 1. The lowest BCUT2D eigenvalue weighted by Gasteiger charge is -2.24. The Hall–Kier alpha value is -2.62. The summed E-state index contributed by atoms with van der Waals surface area (Å²) in [5, 5.41) is 26.6. The van der Waals surface area contributed by atoms with Gasteiger partial charge in [-0.25, -0.2) is 4.68 Å². The molecule has 6 nitrogen and oxygen atoms in total. The lowest BCUT2D eigenvalue weighted by molar-refractivity contribution is -0.119. The summed E-state index contributed by atoms with van der Waals surface area (Å²) in [6, 6.07) is 2.21. The van der Waals surface area contributed by atoms with Crippen LogP contribution in [0.25, 0.3) is 5.70 Å². The zero-order chi connectivity index (χ0) is 22.8. The summed E-state index contributed by atoms with van der Waals surface area (Å²) in [6.07, 6.45) is 11.9. The summed E-state index contributed by atoms with van der Waals surface area (Å²) >= 11 is 6.27. The Kier molecular flexibility index (Phi) is 6.88. The number of aliphatic hydroxyl groups is 1. The number of carbonyl (C=O) groups excluding carboxylic acids is 1. The molecule has 7 heteroatoms. The SMILES string of the molecule is Cc1nn(C2=CCC(C#N)C(Cl)=C2)c(C)c1CC1C=CC(C(=O)NC(C)(C)CO)=CC1. The molecule has 164 valence electrons. The van der Waals surface area contributed by atoms with Gasteiger partial charge in [0.2, 0.25) is 0 Å². The van der Waals surface area contributed by atoms with Gasteiger partial charge in [0.05, 0.1) is 35.5 Å². The first-order valence-corrected chi connectivity index (χ1v) is 10.9. The van der Waals surface area contributed by atoms with Gasteiger partial charge in [0.25, 0.3) is 5.91 Å². The number of aromatic nitrogens is 2. The van der Waals surface area contributed by atoms with Crippen molar-refractivity contribution < 1.29 is 9.90 Å². The van der Waals surface area contributed by atoms with Gasteiger partial charge in [0.15, 0.2) is 0 Å². The van der Waals surface area contributed by atoms with Gasteiger partial charge >= 0.3 is 0 Å². The number of nitriles is 1. The zero-order valence-corrected chi connectivity index (χ0v) is 19.2. The quantitative estimate of drug-likeness (QED) is 0.700. The Morgan fingerprint density at radius 2 is 2.13 bits per heavy atom. The standard InChI is InChI=1S/C24H29ClN4O2/c1-15-21(16(2)29(28-15)20-10-9-19(13-26)22(25)12-20)11-17-5-7-18(8-6-17)23(31)27-24(3,4)14-30/h5,7-8,10,12,17,19,30H,6,9,11,14H2,1-4H3,(H,27,31). The number of aliphatic hydroxyl groups excluding tert-OH is 1. The van der Waals surface area contributed by atoms with E-state index in [-0.39, 0.29) is 24.3 Å². The second-order valence-corrected chi connectivity index (χ2v) is 9.29. The minimum Gasteiger partial charge on any atom is -0.394 e. The minimum atomic E-state index is -0.649. The van der Waals surface area contributed by atoms with Crippen molar-refractivity contribution in [1.82, 2.24) is 15.1 Å². The fourth-order valence-electron chi connectivity index (χ4n) is 3.80. The second kappa shape index (κ2) is 9.25. The van der Waals surface area contributed by atoms with E-state index < -0.39 is 5.54 Å². The van der Waals surface area contributed by atoms with Crippen molar-refractivity contribution in [2.24, 2.45) is 11.8 Å². The van der Waals surface area contributed by atoms with E-state index in [2.05, 4.69) is 17.5 Å². The Morgan fingerprint density at radius 3 is 2.71 bits per heavy atom. The predicted molar refractivity (Wildman–Crippen MR) is 122 cm³/mol. The number of halogens is 1. The van der Waals surface area contributed by atoms with Crippen LogP contribution in [0, 0.1) is 37.0 Å². The molecule has 0 radical (unpaired) electrons. The van der Waals surface area contributed by atoms with Crippen molar-refractivity contribution in [3.63, 3.8) is 0 Å². The highest BCUT2D eigenvalue weighted by Crippen LogP contribution is 2.31. The molecule has 1 heterocycles. The smallest absolute Gasteiger partial charge is 0.251 e.